The molecule has 3 heterocycles. The number of benzene rings is 2. The molecule has 7 heteroatoms. The molecule has 0 spiro atoms. The number of hydrogen-bond donors (Lipinski definition) is 0. The van der Waals surface area contributed by atoms with Gasteiger partial charge in [0.05, 0.1) is 5.56 Å². The summed E-state index contributed by atoms with van der Waals surface area (Å²) in [5.74, 6) is 2.85. The molecule has 2 aliphatic rings. The number of carbonyl (C=O) groups excluding carboxylic acids is 2. The molecule has 192 valence electrons. The van der Waals surface area contributed by atoms with Crippen molar-refractivity contribution in [3.63, 3.8) is 0 Å². The highest BCUT2D eigenvalue weighted by atomic mass is 16.5. The lowest BCUT2D eigenvalue weighted by Gasteiger charge is -2.41. The maximum atomic E-state index is 12.3. The number of fused-ring (bicyclic) bond motifs is 2. The van der Waals surface area contributed by atoms with Crippen molar-refractivity contribution >= 4 is 17.5 Å². The number of Topliss-reactive ketones (excluding diaryl/α,β-unsaturated/α-hetero) is 1. The fourth-order valence-corrected chi connectivity index (χ4v) is 4.82. The van der Waals surface area contributed by atoms with Crippen molar-refractivity contribution < 1.29 is 19.1 Å². The second kappa shape index (κ2) is 11.7. The molecule has 0 radical (unpaired) electrons. The lowest BCUT2D eigenvalue weighted by Crippen LogP contribution is -2.55. The van der Waals surface area contributed by atoms with Crippen molar-refractivity contribution in [2.75, 3.05) is 18.0 Å². The van der Waals surface area contributed by atoms with Gasteiger partial charge in [0.25, 0.3) is 0 Å². The van der Waals surface area contributed by atoms with Crippen LogP contribution in [0, 0.1) is 0 Å². The Morgan fingerprint density at radius 2 is 1.43 bits per heavy atom. The number of para-hydroxylation sites is 1. The predicted molar refractivity (Wildman–Crippen MR) is 145 cm³/mol. The highest BCUT2D eigenvalue weighted by Crippen LogP contribution is 2.34. The first-order chi connectivity index (χ1) is 18.0. The zero-order chi connectivity index (χ0) is 26.4. The van der Waals surface area contributed by atoms with Gasteiger partial charge in [0, 0.05) is 25.2 Å². The molecule has 0 saturated carbocycles. The number of amides is 1. The van der Waals surface area contributed by atoms with Gasteiger partial charge in [-0.3, -0.25) is 9.59 Å². The molecule has 2 aliphatic heterocycles. The molecule has 2 saturated heterocycles. The summed E-state index contributed by atoms with van der Waals surface area (Å²) in [5.41, 5.74) is 0.418. The molecule has 0 aliphatic carbocycles. The number of hydrogen-bond acceptors (Lipinski definition) is 6. The Morgan fingerprint density at radius 3 is 2.00 bits per heavy atom. The van der Waals surface area contributed by atoms with E-state index in [4.69, 9.17) is 14.5 Å². The van der Waals surface area contributed by atoms with Crippen LogP contribution in [-0.2, 0) is 4.79 Å². The van der Waals surface area contributed by atoms with E-state index in [-0.39, 0.29) is 29.7 Å². The van der Waals surface area contributed by atoms with E-state index in [1.807, 2.05) is 67.3 Å². The van der Waals surface area contributed by atoms with Crippen LogP contribution in [0.5, 0.6) is 23.1 Å². The number of rotatable bonds is 7. The molecule has 37 heavy (non-hydrogen) atoms. The Hall–Kier alpha value is -4.13. The van der Waals surface area contributed by atoms with E-state index in [1.165, 1.54) is 13.0 Å². The summed E-state index contributed by atoms with van der Waals surface area (Å²) in [6.45, 7) is 10.5. The molecule has 3 aromatic rings. The van der Waals surface area contributed by atoms with Gasteiger partial charge in [0.2, 0.25) is 11.8 Å². The Morgan fingerprint density at radius 1 is 0.865 bits per heavy atom. The molecule has 7 nitrogen and oxygen atoms in total. The number of ether oxygens (including phenoxy) is 2. The fraction of sp³-hybridized carbons (Fsp3) is 0.300. The highest BCUT2D eigenvalue weighted by molar-refractivity contribution is 5.96. The van der Waals surface area contributed by atoms with Gasteiger partial charge in [-0.25, -0.2) is 0 Å². The van der Waals surface area contributed by atoms with Crippen LogP contribution in [0.2, 0.25) is 0 Å². The zero-order valence-electron chi connectivity index (χ0n) is 21.6. The Labute approximate surface area is 218 Å². The van der Waals surface area contributed by atoms with Crippen LogP contribution in [0.3, 0.4) is 0 Å². The van der Waals surface area contributed by atoms with Crippen LogP contribution in [-0.4, -0.2) is 46.7 Å². The van der Waals surface area contributed by atoms with E-state index in [9.17, 15) is 9.59 Å². The molecule has 2 atom stereocenters. The lowest BCUT2D eigenvalue weighted by molar-refractivity contribution is -0.129. The van der Waals surface area contributed by atoms with Gasteiger partial charge in [-0.05, 0) is 74.4 Å². The van der Waals surface area contributed by atoms with E-state index < -0.39 is 0 Å². The first kappa shape index (κ1) is 25.9. The van der Waals surface area contributed by atoms with E-state index in [0.29, 0.717) is 30.2 Å². The van der Waals surface area contributed by atoms with E-state index in [2.05, 4.69) is 11.5 Å². The molecule has 2 aromatic carbocycles. The van der Waals surface area contributed by atoms with Gasteiger partial charge in [0.15, 0.2) is 5.78 Å². The molecular formula is C30H33N3O4. The third-order valence-electron chi connectivity index (χ3n) is 6.48. The number of ketones is 1. The second-order valence-electron chi connectivity index (χ2n) is 8.81. The van der Waals surface area contributed by atoms with Crippen molar-refractivity contribution in [2.45, 2.75) is 45.7 Å². The van der Waals surface area contributed by atoms with Crippen LogP contribution in [0.4, 0.5) is 5.82 Å². The number of piperazine rings is 1. The number of nitrogens with zero attached hydrogens (tertiary/aromatic N) is 3. The monoisotopic (exact) mass is 499 g/mol. The largest absolute Gasteiger partial charge is 0.457 e. The van der Waals surface area contributed by atoms with Gasteiger partial charge in [-0.15, -0.1) is 0 Å². The Kier molecular flexibility index (Phi) is 8.23. The van der Waals surface area contributed by atoms with Crippen LogP contribution in [0.15, 0.2) is 79.4 Å². The Bertz CT molecular complexity index is 1230. The molecule has 5 rings (SSSR count). The van der Waals surface area contributed by atoms with Crippen LogP contribution in [0.25, 0.3) is 0 Å². The SMILES string of the molecule is C=CC(=O)N1C2CCC1CN(c1ccc(C(C)=O)c(Oc3ccc(Oc4ccccc4)cc3)n1)C2.CC. The van der Waals surface area contributed by atoms with Crippen molar-refractivity contribution in [3.8, 4) is 23.1 Å². The minimum Gasteiger partial charge on any atom is -0.457 e. The number of aromatic nitrogens is 1. The molecule has 2 unspecified atom stereocenters. The standard InChI is InChI=1S/C28H27N3O4.C2H6/c1-3-27(33)31-20-9-10-21(31)18-30(17-20)26-16-15-25(19(2)32)28(29-26)35-24-13-11-23(12-14-24)34-22-7-5-4-6-8-22;1-2/h3-8,11-16,20-21H,1,9-10,17-18H2,2H3;1-2H3. The fourth-order valence-electron chi connectivity index (χ4n) is 4.82. The van der Waals surface area contributed by atoms with E-state index in [1.54, 1.807) is 18.2 Å². The van der Waals surface area contributed by atoms with Crippen molar-refractivity contribution in [1.82, 2.24) is 9.88 Å². The minimum atomic E-state index is -0.121. The summed E-state index contributed by atoms with van der Waals surface area (Å²) in [7, 11) is 0. The highest BCUT2D eigenvalue weighted by Gasteiger charge is 2.42. The number of carbonyl (C=O) groups is 2. The van der Waals surface area contributed by atoms with E-state index in [0.717, 1.165) is 24.4 Å². The second-order valence-corrected chi connectivity index (χ2v) is 8.81. The summed E-state index contributed by atoms with van der Waals surface area (Å²) >= 11 is 0. The number of anilines is 1. The summed E-state index contributed by atoms with van der Waals surface area (Å²) in [5, 5.41) is 0. The predicted octanol–water partition coefficient (Wildman–Crippen LogP) is 6.26. The first-order valence-corrected chi connectivity index (χ1v) is 12.7. The van der Waals surface area contributed by atoms with Gasteiger partial charge < -0.3 is 19.3 Å². The van der Waals surface area contributed by atoms with Crippen molar-refractivity contribution in [2.24, 2.45) is 0 Å². The van der Waals surface area contributed by atoms with Crippen molar-refractivity contribution in [1.29, 1.82) is 0 Å². The van der Waals surface area contributed by atoms with Crippen LogP contribution in [0.1, 0.15) is 44.0 Å². The normalized spacial score (nSPS) is 17.9. The lowest BCUT2D eigenvalue weighted by atomic mass is 10.1. The van der Waals surface area contributed by atoms with Gasteiger partial charge >= 0.3 is 0 Å². The third kappa shape index (κ3) is 5.82. The van der Waals surface area contributed by atoms with Crippen LogP contribution >= 0.6 is 0 Å². The maximum Gasteiger partial charge on any atom is 0.246 e. The molecule has 2 bridgehead atoms. The van der Waals surface area contributed by atoms with Crippen LogP contribution < -0.4 is 14.4 Å². The minimum absolute atomic E-state index is 0.0132. The maximum absolute atomic E-state index is 12.3. The average Bonchev–Trinajstić information content (AvgIpc) is 3.19. The quantitative estimate of drug-likeness (QED) is 0.282. The summed E-state index contributed by atoms with van der Waals surface area (Å²) < 4.78 is 11.9. The molecule has 1 amide bonds. The smallest absolute Gasteiger partial charge is 0.246 e. The summed E-state index contributed by atoms with van der Waals surface area (Å²) in [6, 6.07) is 20.6. The summed E-state index contributed by atoms with van der Waals surface area (Å²) in [6.07, 6.45) is 3.32. The molecular weight excluding hydrogens is 466 g/mol. The molecule has 0 N–H and O–H groups in total. The van der Waals surface area contributed by atoms with E-state index >= 15 is 0 Å². The van der Waals surface area contributed by atoms with Gasteiger partial charge in [-0.1, -0.05) is 38.6 Å². The topological polar surface area (TPSA) is 72.0 Å². The van der Waals surface area contributed by atoms with Crippen molar-refractivity contribution in [3.05, 3.63) is 84.9 Å². The van der Waals surface area contributed by atoms with Gasteiger partial charge in [0.1, 0.15) is 23.1 Å². The Balaban J connectivity index is 0.00000156. The van der Waals surface area contributed by atoms with Gasteiger partial charge in [-0.2, -0.15) is 4.98 Å². The number of pyridine rings is 1. The third-order valence-corrected chi connectivity index (χ3v) is 6.48. The summed E-state index contributed by atoms with van der Waals surface area (Å²) in [4.78, 5) is 33.4. The average molecular weight is 500 g/mol. The first-order valence-electron chi connectivity index (χ1n) is 12.7. The molecule has 2 fully saturated rings. The zero-order valence-corrected chi connectivity index (χ0v) is 21.6. The molecule has 1 aromatic heterocycles.